The molecule has 0 atom stereocenters. The van der Waals surface area contributed by atoms with E-state index < -0.39 is 17.7 Å². The molecule has 0 radical (unpaired) electrons. The van der Waals surface area contributed by atoms with Gasteiger partial charge in [-0.05, 0) is 45.0 Å². The number of hydrogen-bond donors (Lipinski definition) is 1. The van der Waals surface area contributed by atoms with Gasteiger partial charge in [0, 0.05) is 11.5 Å². The standard InChI is InChI=1S/C20H27N3O4/c1-19(2,3)15-12-16(21-18(25)27-20(4,5)6)23(22-15)14-10-8-13(9-11-14)17(24)26-7/h8-12H,1-7H3,(H,21,25). The van der Waals surface area contributed by atoms with E-state index in [0.717, 1.165) is 5.69 Å². The molecule has 0 bridgehead atoms. The Kier molecular flexibility index (Phi) is 5.63. The van der Waals surface area contributed by atoms with Crippen molar-refractivity contribution >= 4 is 17.9 Å². The van der Waals surface area contributed by atoms with E-state index >= 15 is 0 Å². The van der Waals surface area contributed by atoms with Gasteiger partial charge in [0.05, 0.1) is 24.1 Å². The predicted octanol–water partition coefficient (Wildman–Crippen LogP) is 4.30. The molecule has 0 aliphatic carbocycles. The number of ether oxygens (including phenoxy) is 2. The summed E-state index contributed by atoms with van der Waals surface area (Å²) in [6.45, 7) is 11.5. The molecule has 2 aromatic rings. The molecule has 0 aliphatic heterocycles. The van der Waals surface area contributed by atoms with Gasteiger partial charge in [-0.15, -0.1) is 0 Å². The number of benzene rings is 1. The normalized spacial score (nSPS) is 11.8. The fourth-order valence-corrected chi connectivity index (χ4v) is 2.30. The number of methoxy groups -OCH3 is 1. The van der Waals surface area contributed by atoms with E-state index in [4.69, 9.17) is 9.47 Å². The van der Waals surface area contributed by atoms with Gasteiger partial charge in [-0.1, -0.05) is 20.8 Å². The first-order chi connectivity index (χ1) is 12.4. The van der Waals surface area contributed by atoms with Crippen molar-refractivity contribution in [3.05, 3.63) is 41.6 Å². The smallest absolute Gasteiger partial charge is 0.413 e. The molecule has 0 saturated carbocycles. The first-order valence-corrected chi connectivity index (χ1v) is 8.70. The Labute approximate surface area is 159 Å². The molecule has 1 amide bonds. The molecule has 1 aromatic heterocycles. The quantitative estimate of drug-likeness (QED) is 0.811. The average Bonchev–Trinajstić information content (AvgIpc) is 2.96. The van der Waals surface area contributed by atoms with Gasteiger partial charge in [-0.25, -0.2) is 14.3 Å². The lowest BCUT2D eigenvalue weighted by atomic mass is 9.92. The highest BCUT2D eigenvalue weighted by atomic mass is 16.6. The third kappa shape index (κ3) is 5.32. The van der Waals surface area contributed by atoms with Crippen LogP contribution in [-0.2, 0) is 14.9 Å². The molecule has 1 aromatic carbocycles. The summed E-state index contributed by atoms with van der Waals surface area (Å²) in [5.74, 6) is 0.0736. The number of amides is 1. The first kappa shape index (κ1) is 20.5. The molecule has 2 rings (SSSR count). The van der Waals surface area contributed by atoms with E-state index in [-0.39, 0.29) is 5.41 Å². The SMILES string of the molecule is COC(=O)c1ccc(-n2nc(C(C)(C)C)cc2NC(=O)OC(C)(C)C)cc1. The maximum absolute atomic E-state index is 12.2. The van der Waals surface area contributed by atoms with Crippen LogP contribution in [0.25, 0.3) is 5.69 Å². The molecule has 7 nitrogen and oxygen atoms in total. The Morgan fingerprint density at radius 1 is 1.04 bits per heavy atom. The number of esters is 1. The van der Waals surface area contributed by atoms with Crippen LogP contribution >= 0.6 is 0 Å². The van der Waals surface area contributed by atoms with Crippen LogP contribution in [0.15, 0.2) is 30.3 Å². The number of rotatable bonds is 3. The topological polar surface area (TPSA) is 82.5 Å². The number of hydrogen-bond acceptors (Lipinski definition) is 5. The minimum atomic E-state index is -0.607. The van der Waals surface area contributed by atoms with Gasteiger partial charge < -0.3 is 9.47 Å². The molecule has 0 unspecified atom stereocenters. The van der Waals surface area contributed by atoms with Crippen molar-refractivity contribution in [1.29, 1.82) is 0 Å². The van der Waals surface area contributed by atoms with Gasteiger partial charge in [-0.3, -0.25) is 5.32 Å². The molecule has 0 fully saturated rings. The third-order valence-electron chi connectivity index (χ3n) is 3.64. The number of carbonyl (C=O) groups excluding carboxylic acids is 2. The van der Waals surface area contributed by atoms with Crippen LogP contribution in [0, 0.1) is 0 Å². The highest BCUT2D eigenvalue weighted by Crippen LogP contribution is 2.27. The maximum Gasteiger partial charge on any atom is 0.413 e. The van der Waals surface area contributed by atoms with E-state index in [1.165, 1.54) is 7.11 Å². The first-order valence-electron chi connectivity index (χ1n) is 8.70. The predicted molar refractivity (Wildman–Crippen MR) is 103 cm³/mol. The second-order valence-corrected chi connectivity index (χ2v) is 8.24. The maximum atomic E-state index is 12.2. The van der Waals surface area contributed by atoms with Gasteiger partial charge in [0.1, 0.15) is 11.4 Å². The lowest BCUT2D eigenvalue weighted by molar-refractivity contribution is 0.0598. The van der Waals surface area contributed by atoms with Crippen LogP contribution < -0.4 is 5.32 Å². The fraction of sp³-hybridized carbons (Fsp3) is 0.450. The van der Waals surface area contributed by atoms with Crippen LogP contribution in [-0.4, -0.2) is 34.6 Å². The highest BCUT2D eigenvalue weighted by molar-refractivity contribution is 5.89. The van der Waals surface area contributed by atoms with Gasteiger partial charge in [-0.2, -0.15) is 5.10 Å². The third-order valence-corrected chi connectivity index (χ3v) is 3.64. The lowest BCUT2D eigenvalue weighted by Crippen LogP contribution is -2.27. The zero-order valence-corrected chi connectivity index (χ0v) is 16.9. The monoisotopic (exact) mass is 373 g/mol. The van der Waals surface area contributed by atoms with Crippen LogP contribution in [0.2, 0.25) is 0 Å². The lowest BCUT2D eigenvalue weighted by Gasteiger charge is -2.19. The molecule has 0 saturated heterocycles. The molecule has 0 spiro atoms. The van der Waals surface area contributed by atoms with Crippen molar-refractivity contribution in [2.75, 3.05) is 12.4 Å². The summed E-state index contributed by atoms with van der Waals surface area (Å²) in [4.78, 5) is 23.8. The molecular weight excluding hydrogens is 346 g/mol. The Morgan fingerprint density at radius 3 is 2.11 bits per heavy atom. The molecule has 7 heteroatoms. The number of nitrogens with zero attached hydrogens (tertiary/aromatic N) is 2. The number of anilines is 1. The highest BCUT2D eigenvalue weighted by Gasteiger charge is 2.23. The summed E-state index contributed by atoms with van der Waals surface area (Å²) in [7, 11) is 1.34. The molecular formula is C20H27N3O4. The summed E-state index contributed by atoms with van der Waals surface area (Å²) in [5.41, 5.74) is 1.13. The Balaban J connectivity index is 2.40. The van der Waals surface area contributed by atoms with E-state index in [1.807, 2.05) is 26.8 Å². The number of aromatic nitrogens is 2. The molecule has 1 heterocycles. The van der Waals surface area contributed by atoms with Crippen molar-refractivity contribution in [2.24, 2.45) is 0 Å². The van der Waals surface area contributed by atoms with Crippen LogP contribution in [0.1, 0.15) is 57.6 Å². The minimum absolute atomic E-state index is 0.207. The van der Waals surface area contributed by atoms with Crippen molar-refractivity contribution in [3.63, 3.8) is 0 Å². The van der Waals surface area contributed by atoms with E-state index in [2.05, 4.69) is 10.4 Å². The van der Waals surface area contributed by atoms with Crippen molar-refractivity contribution in [1.82, 2.24) is 9.78 Å². The van der Waals surface area contributed by atoms with Crippen LogP contribution in [0.5, 0.6) is 0 Å². The molecule has 27 heavy (non-hydrogen) atoms. The second-order valence-electron chi connectivity index (χ2n) is 8.24. The van der Waals surface area contributed by atoms with Gasteiger partial charge >= 0.3 is 12.1 Å². The zero-order chi connectivity index (χ0) is 20.4. The Bertz CT molecular complexity index is 824. The largest absolute Gasteiger partial charge is 0.465 e. The summed E-state index contributed by atoms with van der Waals surface area (Å²) in [6.07, 6.45) is -0.560. The summed E-state index contributed by atoms with van der Waals surface area (Å²) < 4.78 is 11.7. The van der Waals surface area contributed by atoms with Gasteiger partial charge in [0.2, 0.25) is 0 Å². The Morgan fingerprint density at radius 2 is 1.63 bits per heavy atom. The van der Waals surface area contributed by atoms with Crippen molar-refractivity contribution in [3.8, 4) is 5.69 Å². The van der Waals surface area contributed by atoms with E-state index in [1.54, 1.807) is 49.7 Å². The zero-order valence-electron chi connectivity index (χ0n) is 16.9. The molecule has 0 aliphatic rings. The summed E-state index contributed by atoms with van der Waals surface area (Å²) >= 11 is 0. The summed E-state index contributed by atoms with van der Waals surface area (Å²) in [5, 5.41) is 7.38. The van der Waals surface area contributed by atoms with Gasteiger partial charge in [0.15, 0.2) is 0 Å². The fourth-order valence-electron chi connectivity index (χ4n) is 2.30. The van der Waals surface area contributed by atoms with Crippen LogP contribution in [0.4, 0.5) is 10.6 Å². The van der Waals surface area contributed by atoms with Crippen molar-refractivity contribution < 1.29 is 19.1 Å². The van der Waals surface area contributed by atoms with Crippen LogP contribution in [0.3, 0.4) is 0 Å². The average molecular weight is 373 g/mol. The number of nitrogens with one attached hydrogen (secondary N) is 1. The Hall–Kier alpha value is -2.83. The molecule has 146 valence electrons. The second kappa shape index (κ2) is 7.42. The number of carbonyl (C=O) groups is 2. The molecule has 1 N–H and O–H groups in total. The van der Waals surface area contributed by atoms with E-state index in [9.17, 15) is 9.59 Å². The van der Waals surface area contributed by atoms with Crippen molar-refractivity contribution in [2.45, 2.75) is 52.6 Å². The van der Waals surface area contributed by atoms with Gasteiger partial charge in [0.25, 0.3) is 0 Å². The summed E-state index contributed by atoms with van der Waals surface area (Å²) in [6, 6.07) is 8.60. The minimum Gasteiger partial charge on any atom is -0.465 e. The van der Waals surface area contributed by atoms with E-state index in [0.29, 0.717) is 17.1 Å².